The number of rotatable bonds is 4. The van der Waals surface area contributed by atoms with Gasteiger partial charge in [0.2, 0.25) is 0 Å². The van der Waals surface area contributed by atoms with E-state index < -0.39 is 0 Å². The lowest BCUT2D eigenvalue weighted by Crippen LogP contribution is -2.38. The van der Waals surface area contributed by atoms with Crippen LogP contribution < -0.4 is 15.4 Å². The van der Waals surface area contributed by atoms with Gasteiger partial charge in [0.15, 0.2) is 0 Å². The molecule has 3 rings (SSSR count). The number of fused-ring (bicyclic) bond motifs is 1. The molecule has 0 spiro atoms. The van der Waals surface area contributed by atoms with E-state index in [1.165, 1.54) is 24.6 Å². The third-order valence-electron chi connectivity index (χ3n) is 4.71. The van der Waals surface area contributed by atoms with E-state index in [2.05, 4.69) is 29.1 Å². The standard InChI is InChI=1S/C17H23N3O/c1-20(16-5-3-4-13(16)11-18)17-15-10-14(21-2)7-6-12(15)8-9-19-17/h6-10,13,16H,3-5,11,18H2,1-2H3. The van der Waals surface area contributed by atoms with Crippen LogP contribution in [0.15, 0.2) is 30.5 Å². The predicted molar refractivity (Wildman–Crippen MR) is 86.9 cm³/mol. The molecule has 4 heteroatoms. The van der Waals surface area contributed by atoms with Crippen LogP contribution in [-0.4, -0.2) is 31.7 Å². The highest BCUT2D eigenvalue weighted by atomic mass is 16.5. The van der Waals surface area contributed by atoms with Crippen molar-refractivity contribution in [3.8, 4) is 5.75 Å². The fourth-order valence-electron chi connectivity index (χ4n) is 3.50. The Morgan fingerprint density at radius 2 is 2.19 bits per heavy atom. The lowest BCUT2D eigenvalue weighted by atomic mass is 10.0. The maximum Gasteiger partial charge on any atom is 0.136 e. The second-order valence-electron chi connectivity index (χ2n) is 5.83. The topological polar surface area (TPSA) is 51.4 Å². The molecule has 1 saturated carbocycles. The van der Waals surface area contributed by atoms with Crippen LogP contribution in [0.3, 0.4) is 0 Å². The second-order valence-corrected chi connectivity index (χ2v) is 5.83. The van der Waals surface area contributed by atoms with Gasteiger partial charge in [-0.05, 0) is 48.9 Å². The largest absolute Gasteiger partial charge is 0.497 e. The molecule has 0 amide bonds. The molecule has 2 unspecified atom stereocenters. The molecule has 0 saturated heterocycles. The monoisotopic (exact) mass is 285 g/mol. The zero-order valence-electron chi connectivity index (χ0n) is 12.7. The fraction of sp³-hybridized carbons (Fsp3) is 0.471. The second kappa shape index (κ2) is 5.90. The summed E-state index contributed by atoms with van der Waals surface area (Å²) in [5, 5.41) is 2.33. The molecule has 1 heterocycles. The van der Waals surface area contributed by atoms with E-state index in [1.54, 1.807) is 7.11 Å². The molecule has 21 heavy (non-hydrogen) atoms. The zero-order valence-corrected chi connectivity index (χ0v) is 12.7. The smallest absolute Gasteiger partial charge is 0.136 e. The molecule has 1 fully saturated rings. The first-order chi connectivity index (χ1) is 10.2. The quantitative estimate of drug-likeness (QED) is 0.938. The van der Waals surface area contributed by atoms with Crippen molar-refractivity contribution in [2.24, 2.45) is 11.7 Å². The molecule has 112 valence electrons. The average molecular weight is 285 g/mol. The first kappa shape index (κ1) is 14.1. The Labute approximate surface area is 125 Å². The van der Waals surface area contributed by atoms with Gasteiger partial charge in [0, 0.05) is 24.7 Å². The maximum absolute atomic E-state index is 5.93. The van der Waals surface area contributed by atoms with Crippen molar-refractivity contribution in [2.75, 3.05) is 25.6 Å². The van der Waals surface area contributed by atoms with Crippen LogP contribution in [-0.2, 0) is 0 Å². The molecule has 0 radical (unpaired) electrons. The van der Waals surface area contributed by atoms with Crippen LogP contribution in [0.1, 0.15) is 19.3 Å². The number of aromatic nitrogens is 1. The number of hydrogen-bond acceptors (Lipinski definition) is 4. The molecule has 2 aromatic rings. The predicted octanol–water partition coefficient (Wildman–Crippen LogP) is 2.81. The van der Waals surface area contributed by atoms with Gasteiger partial charge in [0.1, 0.15) is 11.6 Å². The van der Waals surface area contributed by atoms with Crippen molar-refractivity contribution in [3.05, 3.63) is 30.5 Å². The number of benzene rings is 1. The Bertz CT molecular complexity index is 628. The van der Waals surface area contributed by atoms with E-state index in [4.69, 9.17) is 10.5 Å². The summed E-state index contributed by atoms with van der Waals surface area (Å²) in [4.78, 5) is 6.94. The molecule has 0 bridgehead atoms. The van der Waals surface area contributed by atoms with Crippen LogP contribution in [0.2, 0.25) is 0 Å². The Morgan fingerprint density at radius 1 is 1.33 bits per heavy atom. The first-order valence-electron chi connectivity index (χ1n) is 7.60. The van der Waals surface area contributed by atoms with Crippen molar-refractivity contribution >= 4 is 16.6 Å². The number of nitrogens with zero attached hydrogens (tertiary/aromatic N) is 2. The third kappa shape index (κ3) is 2.56. The molecule has 2 N–H and O–H groups in total. The number of hydrogen-bond donors (Lipinski definition) is 1. The minimum Gasteiger partial charge on any atom is -0.497 e. The van der Waals surface area contributed by atoms with Gasteiger partial charge in [-0.2, -0.15) is 0 Å². The highest BCUT2D eigenvalue weighted by Gasteiger charge is 2.30. The number of ether oxygens (including phenoxy) is 1. The van der Waals surface area contributed by atoms with Gasteiger partial charge in [0.25, 0.3) is 0 Å². The van der Waals surface area contributed by atoms with Gasteiger partial charge in [-0.25, -0.2) is 4.98 Å². The lowest BCUT2D eigenvalue weighted by Gasteiger charge is -2.31. The molecule has 4 nitrogen and oxygen atoms in total. The number of nitrogens with two attached hydrogens (primary N) is 1. The van der Waals surface area contributed by atoms with Crippen LogP contribution in [0.25, 0.3) is 10.8 Å². The van der Waals surface area contributed by atoms with Crippen molar-refractivity contribution in [3.63, 3.8) is 0 Å². The van der Waals surface area contributed by atoms with E-state index >= 15 is 0 Å². The van der Waals surface area contributed by atoms with Crippen LogP contribution >= 0.6 is 0 Å². The van der Waals surface area contributed by atoms with Crippen molar-refractivity contribution in [1.29, 1.82) is 0 Å². The van der Waals surface area contributed by atoms with Crippen LogP contribution in [0, 0.1) is 5.92 Å². The summed E-state index contributed by atoms with van der Waals surface area (Å²) in [6.45, 7) is 0.753. The molecular formula is C17H23N3O. The fourth-order valence-corrected chi connectivity index (χ4v) is 3.50. The summed E-state index contributed by atoms with van der Waals surface area (Å²) >= 11 is 0. The molecule has 1 aliphatic carbocycles. The number of anilines is 1. The minimum atomic E-state index is 0.485. The zero-order chi connectivity index (χ0) is 14.8. The van der Waals surface area contributed by atoms with Crippen LogP contribution in [0.4, 0.5) is 5.82 Å². The van der Waals surface area contributed by atoms with Crippen molar-refractivity contribution < 1.29 is 4.74 Å². The first-order valence-corrected chi connectivity index (χ1v) is 7.60. The van der Waals surface area contributed by atoms with Crippen molar-refractivity contribution in [1.82, 2.24) is 4.98 Å². The van der Waals surface area contributed by atoms with Gasteiger partial charge in [-0.15, -0.1) is 0 Å². The maximum atomic E-state index is 5.93. The molecule has 1 aliphatic rings. The summed E-state index contributed by atoms with van der Waals surface area (Å²) < 4.78 is 5.36. The van der Waals surface area contributed by atoms with E-state index in [-0.39, 0.29) is 0 Å². The van der Waals surface area contributed by atoms with E-state index in [1.807, 2.05) is 18.3 Å². The van der Waals surface area contributed by atoms with Gasteiger partial charge in [0.05, 0.1) is 7.11 Å². The summed E-state index contributed by atoms with van der Waals surface area (Å²) in [7, 11) is 3.84. The van der Waals surface area contributed by atoms with Crippen molar-refractivity contribution in [2.45, 2.75) is 25.3 Å². The SMILES string of the molecule is COc1ccc2ccnc(N(C)C3CCCC3CN)c2c1. The average Bonchev–Trinajstić information content (AvgIpc) is 3.01. The molecule has 1 aromatic carbocycles. The van der Waals surface area contributed by atoms with E-state index in [9.17, 15) is 0 Å². The molecular weight excluding hydrogens is 262 g/mol. The Balaban J connectivity index is 2.02. The number of methoxy groups -OCH3 is 1. The molecule has 0 aliphatic heterocycles. The summed E-state index contributed by atoms with van der Waals surface area (Å²) in [5.74, 6) is 2.46. The summed E-state index contributed by atoms with van der Waals surface area (Å²) in [5.41, 5.74) is 5.93. The Morgan fingerprint density at radius 3 is 2.95 bits per heavy atom. The van der Waals surface area contributed by atoms with Crippen LogP contribution in [0.5, 0.6) is 5.75 Å². The van der Waals surface area contributed by atoms with Gasteiger partial charge in [-0.3, -0.25) is 0 Å². The minimum absolute atomic E-state index is 0.485. The number of pyridine rings is 1. The Hall–Kier alpha value is -1.81. The van der Waals surface area contributed by atoms with Gasteiger partial charge < -0.3 is 15.4 Å². The third-order valence-corrected chi connectivity index (χ3v) is 4.71. The van der Waals surface area contributed by atoms with Gasteiger partial charge in [-0.1, -0.05) is 12.5 Å². The summed E-state index contributed by atoms with van der Waals surface area (Å²) in [6, 6.07) is 8.67. The van der Waals surface area contributed by atoms with Gasteiger partial charge >= 0.3 is 0 Å². The summed E-state index contributed by atoms with van der Waals surface area (Å²) in [6.07, 6.45) is 5.55. The lowest BCUT2D eigenvalue weighted by molar-refractivity contribution is 0.415. The molecule has 1 aromatic heterocycles. The molecule has 2 atom stereocenters. The highest BCUT2D eigenvalue weighted by molar-refractivity contribution is 5.93. The normalized spacial score (nSPS) is 21.7. The van der Waals surface area contributed by atoms with E-state index in [0.717, 1.165) is 23.5 Å². The highest BCUT2D eigenvalue weighted by Crippen LogP contribution is 2.34. The van der Waals surface area contributed by atoms with E-state index in [0.29, 0.717) is 12.0 Å². The Kier molecular flexibility index (Phi) is 3.97.